The van der Waals surface area contributed by atoms with Crippen molar-refractivity contribution in [3.05, 3.63) is 52.5 Å². The van der Waals surface area contributed by atoms with Crippen LogP contribution < -0.4 is 10.5 Å². The van der Waals surface area contributed by atoms with Gasteiger partial charge in [-0.1, -0.05) is 29.3 Å². The Kier molecular flexibility index (Phi) is 3.25. The summed E-state index contributed by atoms with van der Waals surface area (Å²) >= 11 is 6.08. The highest BCUT2D eigenvalue weighted by atomic mass is 35.5. The molecule has 0 amide bonds. The van der Waals surface area contributed by atoms with Crippen LogP contribution in [0.4, 0.5) is 5.69 Å². The molecule has 0 fully saturated rings. The fourth-order valence-corrected chi connectivity index (χ4v) is 1.69. The van der Waals surface area contributed by atoms with Crippen molar-refractivity contribution in [1.29, 1.82) is 0 Å². The Balaban J connectivity index is 2.30. The molecule has 3 heteroatoms. The Hall–Kier alpha value is -1.67. The maximum atomic E-state index is 6.08. The zero-order valence-corrected chi connectivity index (χ0v) is 10.6. The molecule has 17 heavy (non-hydrogen) atoms. The van der Waals surface area contributed by atoms with E-state index in [-0.39, 0.29) is 0 Å². The molecule has 0 saturated heterocycles. The molecule has 0 aliphatic carbocycles. The van der Waals surface area contributed by atoms with Gasteiger partial charge >= 0.3 is 0 Å². The van der Waals surface area contributed by atoms with Gasteiger partial charge < -0.3 is 10.5 Å². The molecule has 0 heterocycles. The number of nitrogen functional groups attached to an aromatic ring is 1. The Morgan fingerprint density at radius 3 is 2.35 bits per heavy atom. The van der Waals surface area contributed by atoms with Crippen molar-refractivity contribution in [2.45, 2.75) is 13.8 Å². The molecule has 0 saturated carbocycles. The number of rotatable bonds is 2. The fraction of sp³-hybridized carbons (Fsp3) is 0.143. The fourth-order valence-electron chi connectivity index (χ4n) is 1.48. The quantitative estimate of drug-likeness (QED) is 0.802. The second-order valence-electron chi connectivity index (χ2n) is 4.05. The smallest absolute Gasteiger partial charge is 0.146 e. The van der Waals surface area contributed by atoms with Crippen molar-refractivity contribution >= 4 is 17.3 Å². The van der Waals surface area contributed by atoms with Crippen LogP contribution in [0, 0.1) is 13.8 Å². The molecule has 2 rings (SSSR count). The number of hydrogen-bond acceptors (Lipinski definition) is 2. The number of halogens is 1. The molecule has 0 aromatic heterocycles. The first-order valence-electron chi connectivity index (χ1n) is 5.36. The van der Waals surface area contributed by atoms with E-state index in [0.29, 0.717) is 16.5 Å². The van der Waals surface area contributed by atoms with Crippen LogP contribution in [0.2, 0.25) is 5.02 Å². The summed E-state index contributed by atoms with van der Waals surface area (Å²) in [5.74, 6) is 1.39. The van der Waals surface area contributed by atoms with Gasteiger partial charge in [-0.05, 0) is 43.7 Å². The number of aryl methyl sites for hydroxylation is 2. The molecule has 2 nitrogen and oxygen atoms in total. The van der Waals surface area contributed by atoms with Crippen molar-refractivity contribution in [2.75, 3.05) is 5.73 Å². The highest BCUT2D eigenvalue weighted by Crippen LogP contribution is 2.32. The van der Waals surface area contributed by atoms with E-state index in [0.717, 1.165) is 11.3 Å². The van der Waals surface area contributed by atoms with Crippen LogP contribution in [0.25, 0.3) is 0 Å². The van der Waals surface area contributed by atoms with Crippen LogP contribution in [-0.2, 0) is 0 Å². The maximum absolute atomic E-state index is 6.08. The van der Waals surface area contributed by atoms with Gasteiger partial charge in [0.1, 0.15) is 11.5 Å². The molecule has 0 aliphatic rings. The number of hydrogen-bond donors (Lipinski definition) is 1. The van der Waals surface area contributed by atoms with Crippen LogP contribution in [0.3, 0.4) is 0 Å². The minimum absolute atomic E-state index is 0.522. The average Bonchev–Trinajstić information content (AvgIpc) is 2.29. The summed E-state index contributed by atoms with van der Waals surface area (Å²) in [5, 5.41) is 0.522. The highest BCUT2D eigenvalue weighted by molar-refractivity contribution is 6.32. The van der Waals surface area contributed by atoms with Gasteiger partial charge in [-0.2, -0.15) is 0 Å². The van der Waals surface area contributed by atoms with Crippen molar-refractivity contribution in [3.8, 4) is 11.5 Å². The predicted molar refractivity (Wildman–Crippen MR) is 71.9 cm³/mol. The normalized spacial score (nSPS) is 10.3. The first kappa shape index (κ1) is 11.8. The molecular formula is C14H14ClNO. The van der Waals surface area contributed by atoms with Gasteiger partial charge in [0.15, 0.2) is 0 Å². The van der Waals surface area contributed by atoms with Gasteiger partial charge in [0.2, 0.25) is 0 Å². The van der Waals surface area contributed by atoms with Crippen LogP contribution >= 0.6 is 11.6 Å². The Bertz CT molecular complexity index is 535. The van der Waals surface area contributed by atoms with Crippen LogP contribution in [0.5, 0.6) is 11.5 Å². The van der Waals surface area contributed by atoms with E-state index in [1.165, 1.54) is 5.56 Å². The van der Waals surface area contributed by atoms with Crippen LogP contribution in [0.1, 0.15) is 11.1 Å². The highest BCUT2D eigenvalue weighted by Gasteiger charge is 2.06. The monoisotopic (exact) mass is 247 g/mol. The summed E-state index contributed by atoms with van der Waals surface area (Å²) in [6.45, 7) is 3.96. The van der Waals surface area contributed by atoms with Crippen molar-refractivity contribution in [3.63, 3.8) is 0 Å². The van der Waals surface area contributed by atoms with E-state index in [1.54, 1.807) is 6.07 Å². The number of anilines is 1. The van der Waals surface area contributed by atoms with Gasteiger partial charge in [-0.3, -0.25) is 0 Å². The molecule has 88 valence electrons. The minimum atomic E-state index is 0.522. The maximum Gasteiger partial charge on any atom is 0.146 e. The topological polar surface area (TPSA) is 35.2 Å². The largest absolute Gasteiger partial charge is 0.456 e. The number of nitrogens with two attached hydrogens (primary N) is 1. The molecule has 0 atom stereocenters. The average molecular weight is 248 g/mol. The summed E-state index contributed by atoms with van der Waals surface area (Å²) in [7, 11) is 0. The van der Waals surface area contributed by atoms with E-state index in [9.17, 15) is 0 Å². The van der Waals surface area contributed by atoms with Crippen molar-refractivity contribution in [2.24, 2.45) is 0 Å². The Morgan fingerprint density at radius 2 is 1.71 bits per heavy atom. The lowest BCUT2D eigenvalue weighted by Gasteiger charge is -2.10. The summed E-state index contributed by atoms with van der Waals surface area (Å²) < 4.78 is 5.71. The molecule has 2 N–H and O–H groups in total. The summed E-state index contributed by atoms with van der Waals surface area (Å²) in [6.07, 6.45) is 0. The molecule has 0 aliphatic heterocycles. The van der Waals surface area contributed by atoms with E-state index >= 15 is 0 Å². The minimum Gasteiger partial charge on any atom is -0.456 e. The lowest BCUT2D eigenvalue weighted by Crippen LogP contribution is -1.92. The summed E-state index contributed by atoms with van der Waals surface area (Å²) in [5.41, 5.74) is 8.58. The van der Waals surface area contributed by atoms with Gasteiger partial charge in [0.05, 0.1) is 5.02 Å². The first-order valence-corrected chi connectivity index (χ1v) is 5.74. The first-order chi connectivity index (χ1) is 8.06. The third-order valence-corrected chi connectivity index (χ3v) is 2.86. The van der Waals surface area contributed by atoms with E-state index in [4.69, 9.17) is 22.1 Å². The Labute approximate surface area is 106 Å². The molecular weight excluding hydrogens is 234 g/mol. The number of benzene rings is 2. The second-order valence-corrected chi connectivity index (χ2v) is 4.46. The Morgan fingerprint density at radius 1 is 1.06 bits per heavy atom. The van der Waals surface area contributed by atoms with Gasteiger partial charge in [0.25, 0.3) is 0 Å². The van der Waals surface area contributed by atoms with E-state index < -0.39 is 0 Å². The SMILES string of the molecule is Cc1ccc(Oc2cc(C)c(N)cc2Cl)cc1. The van der Waals surface area contributed by atoms with Crippen molar-refractivity contribution in [1.82, 2.24) is 0 Å². The number of ether oxygens (including phenoxy) is 1. The molecule has 0 unspecified atom stereocenters. The molecule has 2 aromatic carbocycles. The predicted octanol–water partition coefficient (Wildman–Crippen LogP) is 4.33. The standard InChI is InChI=1S/C14H14ClNO/c1-9-3-5-11(6-4-9)17-14-7-10(2)13(16)8-12(14)15/h3-8H,16H2,1-2H3. The van der Waals surface area contributed by atoms with Gasteiger partial charge in [0, 0.05) is 5.69 Å². The second kappa shape index (κ2) is 4.68. The van der Waals surface area contributed by atoms with E-state index in [1.807, 2.05) is 44.2 Å². The third-order valence-electron chi connectivity index (χ3n) is 2.57. The molecule has 2 aromatic rings. The zero-order valence-electron chi connectivity index (χ0n) is 9.83. The zero-order chi connectivity index (χ0) is 12.4. The molecule has 0 bridgehead atoms. The van der Waals surface area contributed by atoms with Crippen LogP contribution in [-0.4, -0.2) is 0 Å². The third kappa shape index (κ3) is 2.71. The van der Waals surface area contributed by atoms with E-state index in [2.05, 4.69) is 0 Å². The van der Waals surface area contributed by atoms with Crippen LogP contribution in [0.15, 0.2) is 36.4 Å². The summed E-state index contributed by atoms with van der Waals surface area (Å²) in [6, 6.07) is 11.4. The molecule has 0 spiro atoms. The van der Waals surface area contributed by atoms with Gasteiger partial charge in [-0.25, -0.2) is 0 Å². The lowest BCUT2D eigenvalue weighted by atomic mass is 10.2. The lowest BCUT2D eigenvalue weighted by molar-refractivity contribution is 0.482. The molecule has 0 radical (unpaired) electrons. The van der Waals surface area contributed by atoms with Crippen molar-refractivity contribution < 1.29 is 4.74 Å². The van der Waals surface area contributed by atoms with Gasteiger partial charge in [-0.15, -0.1) is 0 Å². The summed E-state index contributed by atoms with van der Waals surface area (Å²) in [4.78, 5) is 0.